The number of hydrogen-bond donors (Lipinski definition) is 2. The van der Waals surface area contributed by atoms with Crippen LogP contribution in [0.15, 0.2) is 53.5 Å². The first-order valence-corrected chi connectivity index (χ1v) is 10.4. The lowest BCUT2D eigenvalue weighted by Gasteiger charge is -2.18. The zero-order chi connectivity index (χ0) is 19.8. The first-order chi connectivity index (χ1) is 13.6. The lowest BCUT2D eigenvalue weighted by molar-refractivity contribution is 0.328. The van der Waals surface area contributed by atoms with E-state index >= 15 is 0 Å². The first kappa shape index (κ1) is 20.4. The normalized spacial score (nSPS) is 17.7. The molecule has 1 saturated heterocycles. The number of hydrogen-bond acceptors (Lipinski definition) is 2. The van der Waals surface area contributed by atoms with Crippen molar-refractivity contribution in [1.29, 1.82) is 0 Å². The second-order valence-corrected chi connectivity index (χ2v) is 7.93. The number of nitrogens with zero attached hydrogens (tertiary/aromatic N) is 2. The molecule has 1 unspecified atom stereocenters. The predicted molar refractivity (Wildman–Crippen MR) is 119 cm³/mol. The molecule has 0 amide bonds. The zero-order valence-corrected chi connectivity index (χ0v) is 17.5. The molecule has 4 nitrogen and oxygen atoms in total. The van der Waals surface area contributed by atoms with Crippen LogP contribution in [-0.2, 0) is 13.0 Å². The van der Waals surface area contributed by atoms with E-state index in [1.54, 1.807) is 0 Å². The van der Waals surface area contributed by atoms with E-state index in [2.05, 4.69) is 82.9 Å². The summed E-state index contributed by atoms with van der Waals surface area (Å²) in [5, 5.41) is 6.97. The molecular formula is C24H34N4. The fourth-order valence-electron chi connectivity index (χ4n) is 3.90. The molecule has 1 aliphatic rings. The Morgan fingerprint density at radius 2 is 1.93 bits per heavy atom. The van der Waals surface area contributed by atoms with Crippen LogP contribution in [0.4, 0.5) is 0 Å². The zero-order valence-electron chi connectivity index (χ0n) is 17.5. The Morgan fingerprint density at radius 3 is 2.68 bits per heavy atom. The van der Waals surface area contributed by atoms with Gasteiger partial charge >= 0.3 is 0 Å². The van der Waals surface area contributed by atoms with Gasteiger partial charge in [-0.1, -0.05) is 54.1 Å². The lowest BCUT2D eigenvalue weighted by Crippen LogP contribution is -2.40. The van der Waals surface area contributed by atoms with Gasteiger partial charge in [-0.25, -0.2) is 0 Å². The van der Waals surface area contributed by atoms with E-state index in [1.807, 2.05) is 7.05 Å². The van der Waals surface area contributed by atoms with Crippen molar-refractivity contribution in [3.05, 3.63) is 70.8 Å². The smallest absolute Gasteiger partial charge is 0.191 e. The molecule has 1 aliphatic heterocycles. The van der Waals surface area contributed by atoms with Crippen LogP contribution >= 0.6 is 0 Å². The fourth-order valence-corrected chi connectivity index (χ4v) is 3.90. The Morgan fingerprint density at radius 1 is 1.11 bits per heavy atom. The van der Waals surface area contributed by atoms with Crippen molar-refractivity contribution in [3.63, 3.8) is 0 Å². The van der Waals surface area contributed by atoms with Gasteiger partial charge in [-0.2, -0.15) is 0 Å². The molecule has 28 heavy (non-hydrogen) atoms. The maximum atomic E-state index is 4.39. The third kappa shape index (κ3) is 6.10. The van der Waals surface area contributed by atoms with Crippen molar-refractivity contribution in [2.24, 2.45) is 10.9 Å². The Bertz CT molecular complexity index is 769. The van der Waals surface area contributed by atoms with Crippen molar-refractivity contribution >= 4 is 5.96 Å². The van der Waals surface area contributed by atoms with E-state index in [4.69, 9.17) is 0 Å². The molecule has 1 fully saturated rings. The van der Waals surface area contributed by atoms with Gasteiger partial charge in [0.1, 0.15) is 0 Å². The van der Waals surface area contributed by atoms with Crippen molar-refractivity contribution in [2.45, 2.75) is 33.2 Å². The lowest BCUT2D eigenvalue weighted by atomic mass is 10.1. The number of guanidine groups is 1. The standard InChI is InChI=1S/C24H34N4/c1-19-9-10-23(20(2)15-19)17-27-24(25-3)26-16-22-12-14-28(18-22)13-11-21-7-5-4-6-8-21/h4-10,15,22H,11-14,16-18H2,1-3H3,(H2,25,26,27). The highest BCUT2D eigenvalue weighted by Crippen LogP contribution is 2.16. The van der Waals surface area contributed by atoms with E-state index in [9.17, 15) is 0 Å². The van der Waals surface area contributed by atoms with Gasteiger partial charge in [-0.15, -0.1) is 0 Å². The van der Waals surface area contributed by atoms with Gasteiger partial charge in [0.15, 0.2) is 5.96 Å². The molecule has 2 aromatic carbocycles. The molecule has 0 bridgehead atoms. The molecule has 0 aliphatic carbocycles. The highest BCUT2D eigenvalue weighted by atomic mass is 15.2. The second-order valence-electron chi connectivity index (χ2n) is 7.93. The average molecular weight is 379 g/mol. The summed E-state index contributed by atoms with van der Waals surface area (Å²) in [4.78, 5) is 6.98. The van der Waals surface area contributed by atoms with Crippen LogP contribution in [-0.4, -0.2) is 44.1 Å². The quantitative estimate of drug-likeness (QED) is 0.572. The molecule has 4 heteroatoms. The highest BCUT2D eigenvalue weighted by molar-refractivity contribution is 5.79. The minimum absolute atomic E-state index is 0.690. The van der Waals surface area contributed by atoms with Gasteiger partial charge in [-0.05, 0) is 55.8 Å². The molecule has 0 spiro atoms. The third-order valence-corrected chi connectivity index (χ3v) is 5.66. The molecule has 0 saturated carbocycles. The number of nitrogens with one attached hydrogen (secondary N) is 2. The second kappa shape index (κ2) is 10.3. The van der Waals surface area contributed by atoms with Gasteiger partial charge < -0.3 is 15.5 Å². The van der Waals surface area contributed by atoms with Crippen LogP contribution in [0.5, 0.6) is 0 Å². The van der Waals surface area contributed by atoms with Crippen molar-refractivity contribution in [3.8, 4) is 0 Å². The molecule has 2 N–H and O–H groups in total. The van der Waals surface area contributed by atoms with E-state index in [0.29, 0.717) is 5.92 Å². The molecule has 3 rings (SSSR count). The average Bonchev–Trinajstić information content (AvgIpc) is 3.16. The molecule has 1 atom stereocenters. The largest absolute Gasteiger partial charge is 0.356 e. The summed E-state index contributed by atoms with van der Waals surface area (Å²) in [6.45, 7) is 9.62. The molecule has 1 heterocycles. The summed E-state index contributed by atoms with van der Waals surface area (Å²) in [6, 6.07) is 17.4. The van der Waals surface area contributed by atoms with Crippen molar-refractivity contribution in [1.82, 2.24) is 15.5 Å². The van der Waals surface area contributed by atoms with Gasteiger partial charge in [-0.3, -0.25) is 4.99 Å². The number of likely N-dealkylation sites (tertiary alicyclic amines) is 1. The molecular weight excluding hydrogens is 344 g/mol. The van der Waals surface area contributed by atoms with Crippen LogP contribution in [0.1, 0.15) is 28.7 Å². The first-order valence-electron chi connectivity index (χ1n) is 10.4. The fraction of sp³-hybridized carbons (Fsp3) is 0.458. The SMILES string of the molecule is CN=C(NCc1ccc(C)cc1C)NCC1CCN(CCc2ccccc2)C1. The summed E-state index contributed by atoms with van der Waals surface area (Å²) in [5.41, 5.74) is 5.39. The Labute approximate surface area is 170 Å². The molecule has 0 aromatic heterocycles. The summed E-state index contributed by atoms with van der Waals surface area (Å²) >= 11 is 0. The van der Waals surface area contributed by atoms with Gasteiger partial charge in [0.05, 0.1) is 0 Å². The summed E-state index contributed by atoms with van der Waals surface area (Å²) in [6.07, 6.45) is 2.40. The number of benzene rings is 2. The molecule has 0 radical (unpaired) electrons. The summed E-state index contributed by atoms with van der Waals surface area (Å²) < 4.78 is 0. The Kier molecular flexibility index (Phi) is 7.49. The Hall–Kier alpha value is -2.33. The monoisotopic (exact) mass is 378 g/mol. The summed E-state index contributed by atoms with van der Waals surface area (Å²) in [5.74, 6) is 1.58. The minimum Gasteiger partial charge on any atom is -0.356 e. The molecule has 150 valence electrons. The Balaban J connectivity index is 1.38. The van der Waals surface area contributed by atoms with E-state index < -0.39 is 0 Å². The van der Waals surface area contributed by atoms with Gasteiger partial charge in [0.2, 0.25) is 0 Å². The third-order valence-electron chi connectivity index (χ3n) is 5.66. The molecule has 2 aromatic rings. The van der Waals surface area contributed by atoms with Crippen molar-refractivity contribution < 1.29 is 0 Å². The maximum Gasteiger partial charge on any atom is 0.191 e. The van der Waals surface area contributed by atoms with Crippen molar-refractivity contribution in [2.75, 3.05) is 33.2 Å². The van der Waals surface area contributed by atoms with Crippen LogP contribution < -0.4 is 10.6 Å². The van der Waals surface area contributed by atoms with E-state index in [-0.39, 0.29) is 0 Å². The number of aryl methyl sites for hydroxylation is 2. The highest BCUT2D eigenvalue weighted by Gasteiger charge is 2.22. The number of rotatable bonds is 7. The van der Waals surface area contributed by atoms with Crippen LogP contribution in [0, 0.1) is 19.8 Å². The summed E-state index contributed by atoms with van der Waals surface area (Å²) in [7, 11) is 1.85. The van der Waals surface area contributed by atoms with Gasteiger partial charge in [0, 0.05) is 33.2 Å². The predicted octanol–water partition coefficient (Wildman–Crippen LogP) is 3.53. The maximum absolute atomic E-state index is 4.39. The minimum atomic E-state index is 0.690. The van der Waals surface area contributed by atoms with Crippen LogP contribution in [0.25, 0.3) is 0 Å². The topological polar surface area (TPSA) is 39.7 Å². The van der Waals surface area contributed by atoms with Crippen LogP contribution in [0.2, 0.25) is 0 Å². The number of aliphatic imine (C=N–C) groups is 1. The van der Waals surface area contributed by atoms with E-state index in [0.717, 1.165) is 32.0 Å². The van der Waals surface area contributed by atoms with Gasteiger partial charge in [0.25, 0.3) is 0 Å². The van der Waals surface area contributed by atoms with Crippen LogP contribution in [0.3, 0.4) is 0 Å². The van der Waals surface area contributed by atoms with E-state index in [1.165, 1.54) is 41.8 Å².